The van der Waals surface area contributed by atoms with E-state index in [1.54, 1.807) is 0 Å². The average molecular weight is 311 g/mol. The predicted molar refractivity (Wildman–Crippen MR) is 76.5 cm³/mol. The molecular weight excluding hydrogens is 292 g/mol. The largest absolute Gasteiger partial charge is 0.344 e. The minimum absolute atomic E-state index is 0.176. The maximum Gasteiger partial charge on any atom is 0.226 e. The minimum atomic E-state index is 0.176. The molecule has 1 aliphatic rings. The molecule has 1 fully saturated rings. The van der Waals surface area contributed by atoms with Crippen LogP contribution in [-0.4, -0.2) is 37.0 Å². The van der Waals surface area contributed by atoms with E-state index in [1.165, 1.54) is 12.8 Å². The van der Waals surface area contributed by atoms with Crippen molar-refractivity contribution in [3.63, 3.8) is 0 Å². The van der Waals surface area contributed by atoms with Crippen LogP contribution in [0.25, 0.3) is 0 Å². The Morgan fingerprint density at radius 2 is 2.28 bits per heavy atom. The average Bonchev–Trinajstić information content (AvgIpc) is 2.84. The van der Waals surface area contributed by atoms with E-state index < -0.39 is 0 Å². The summed E-state index contributed by atoms with van der Waals surface area (Å²) in [5, 5.41) is 3.41. The van der Waals surface area contributed by atoms with Gasteiger partial charge in [0.2, 0.25) is 5.91 Å². The molecule has 0 spiro atoms. The number of hydrogen-bond donors (Lipinski definition) is 1. The van der Waals surface area contributed by atoms with Crippen molar-refractivity contribution in [1.29, 1.82) is 0 Å². The molecule has 1 heterocycles. The summed E-state index contributed by atoms with van der Waals surface area (Å²) in [7, 11) is 1.89. The van der Waals surface area contributed by atoms with E-state index in [0.717, 1.165) is 23.1 Å². The van der Waals surface area contributed by atoms with Crippen molar-refractivity contribution in [2.45, 2.75) is 25.3 Å². The number of hydrogen-bond acceptors (Lipinski definition) is 2. The molecule has 18 heavy (non-hydrogen) atoms. The van der Waals surface area contributed by atoms with Crippen LogP contribution >= 0.6 is 15.9 Å². The monoisotopic (exact) mass is 310 g/mol. The SMILES string of the molecule is CN(CC1CCCN1)C(=O)Cc1ccccc1Br. The molecule has 1 saturated heterocycles. The van der Waals surface area contributed by atoms with Gasteiger partial charge in [0.25, 0.3) is 0 Å². The number of halogens is 1. The third-order valence-corrected chi connectivity index (χ3v) is 4.16. The number of likely N-dealkylation sites (N-methyl/N-ethyl adjacent to an activating group) is 1. The molecule has 0 saturated carbocycles. The van der Waals surface area contributed by atoms with Crippen molar-refractivity contribution >= 4 is 21.8 Å². The van der Waals surface area contributed by atoms with E-state index in [4.69, 9.17) is 0 Å². The first-order valence-corrected chi connectivity index (χ1v) is 7.17. The molecule has 4 heteroatoms. The lowest BCUT2D eigenvalue weighted by molar-refractivity contribution is -0.129. The maximum atomic E-state index is 12.1. The van der Waals surface area contributed by atoms with Crippen LogP contribution in [0.4, 0.5) is 0 Å². The van der Waals surface area contributed by atoms with E-state index in [2.05, 4.69) is 21.2 Å². The Hall–Kier alpha value is -0.870. The lowest BCUT2D eigenvalue weighted by atomic mass is 10.1. The lowest BCUT2D eigenvalue weighted by Crippen LogP contribution is -2.39. The third-order valence-electron chi connectivity index (χ3n) is 3.38. The highest BCUT2D eigenvalue weighted by Gasteiger charge is 2.19. The fraction of sp³-hybridized carbons (Fsp3) is 0.500. The van der Waals surface area contributed by atoms with Gasteiger partial charge in [-0.1, -0.05) is 34.1 Å². The number of nitrogens with one attached hydrogen (secondary N) is 1. The quantitative estimate of drug-likeness (QED) is 0.924. The molecule has 0 aliphatic carbocycles. The molecule has 1 aromatic rings. The first-order chi connectivity index (χ1) is 8.66. The van der Waals surface area contributed by atoms with Crippen molar-refractivity contribution in [2.24, 2.45) is 0 Å². The van der Waals surface area contributed by atoms with Gasteiger partial charge in [0.1, 0.15) is 0 Å². The van der Waals surface area contributed by atoms with Crippen LogP contribution in [-0.2, 0) is 11.2 Å². The zero-order valence-electron chi connectivity index (χ0n) is 10.7. The van der Waals surface area contributed by atoms with Crippen molar-refractivity contribution in [3.8, 4) is 0 Å². The summed E-state index contributed by atoms with van der Waals surface area (Å²) in [6.45, 7) is 1.89. The predicted octanol–water partition coefficient (Wildman–Crippen LogP) is 2.20. The summed E-state index contributed by atoms with van der Waals surface area (Å²) in [6.07, 6.45) is 2.86. The second kappa shape index (κ2) is 6.34. The molecule has 0 aromatic heterocycles. The van der Waals surface area contributed by atoms with Crippen LogP contribution < -0.4 is 5.32 Å². The molecule has 1 aromatic carbocycles. The molecule has 1 amide bonds. The second-order valence-corrected chi connectivity index (χ2v) is 5.69. The van der Waals surface area contributed by atoms with Crippen LogP contribution in [0.15, 0.2) is 28.7 Å². The lowest BCUT2D eigenvalue weighted by Gasteiger charge is -2.21. The standard InChI is InChI=1S/C14H19BrN2O/c1-17(10-12-6-4-8-16-12)14(18)9-11-5-2-3-7-13(11)15/h2-3,5,7,12,16H,4,6,8-10H2,1H3. The van der Waals surface area contributed by atoms with Crippen molar-refractivity contribution in [2.75, 3.05) is 20.1 Å². The molecule has 1 atom stereocenters. The molecular formula is C14H19BrN2O. The van der Waals surface area contributed by atoms with Gasteiger partial charge in [0, 0.05) is 24.1 Å². The van der Waals surface area contributed by atoms with E-state index in [1.807, 2.05) is 36.2 Å². The summed E-state index contributed by atoms with van der Waals surface area (Å²) in [5.41, 5.74) is 1.05. The normalized spacial score (nSPS) is 18.9. The van der Waals surface area contributed by atoms with Gasteiger partial charge in [0.15, 0.2) is 0 Å². The van der Waals surface area contributed by atoms with Gasteiger partial charge in [-0.15, -0.1) is 0 Å². The number of rotatable bonds is 4. The van der Waals surface area contributed by atoms with E-state index in [-0.39, 0.29) is 5.91 Å². The van der Waals surface area contributed by atoms with Crippen LogP contribution in [0.3, 0.4) is 0 Å². The van der Waals surface area contributed by atoms with Crippen LogP contribution in [0.5, 0.6) is 0 Å². The summed E-state index contributed by atoms with van der Waals surface area (Å²) in [4.78, 5) is 14.0. The van der Waals surface area contributed by atoms with Gasteiger partial charge in [-0.2, -0.15) is 0 Å². The smallest absolute Gasteiger partial charge is 0.226 e. The number of carbonyl (C=O) groups is 1. The zero-order valence-corrected chi connectivity index (χ0v) is 12.2. The Balaban J connectivity index is 1.89. The molecule has 1 N–H and O–H groups in total. The van der Waals surface area contributed by atoms with Crippen molar-refractivity contribution < 1.29 is 4.79 Å². The topological polar surface area (TPSA) is 32.3 Å². The Morgan fingerprint density at radius 3 is 2.94 bits per heavy atom. The van der Waals surface area contributed by atoms with E-state index >= 15 is 0 Å². The molecule has 1 unspecified atom stereocenters. The third kappa shape index (κ3) is 3.56. The van der Waals surface area contributed by atoms with Crippen LogP contribution in [0.1, 0.15) is 18.4 Å². The molecule has 3 nitrogen and oxygen atoms in total. The first kappa shape index (κ1) is 13.6. The van der Waals surface area contributed by atoms with Gasteiger partial charge in [-0.3, -0.25) is 4.79 Å². The Morgan fingerprint density at radius 1 is 1.50 bits per heavy atom. The van der Waals surface area contributed by atoms with Gasteiger partial charge >= 0.3 is 0 Å². The number of carbonyl (C=O) groups excluding carboxylic acids is 1. The summed E-state index contributed by atoms with van der Waals surface area (Å²) in [6, 6.07) is 8.36. The van der Waals surface area contributed by atoms with E-state index in [0.29, 0.717) is 12.5 Å². The Labute approximate surface area is 117 Å². The zero-order chi connectivity index (χ0) is 13.0. The minimum Gasteiger partial charge on any atom is -0.344 e. The second-order valence-electron chi connectivity index (χ2n) is 4.84. The Bertz CT molecular complexity index is 416. The molecule has 2 rings (SSSR count). The highest BCUT2D eigenvalue weighted by Crippen LogP contribution is 2.17. The number of nitrogens with zero attached hydrogens (tertiary/aromatic N) is 1. The maximum absolute atomic E-state index is 12.1. The molecule has 98 valence electrons. The molecule has 1 aliphatic heterocycles. The highest BCUT2D eigenvalue weighted by molar-refractivity contribution is 9.10. The number of benzene rings is 1. The fourth-order valence-electron chi connectivity index (χ4n) is 2.28. The number of amides is 1. The summed E-state index contributed by atoms with van der Waals surface area (Å²) < 4.78 is 1.01. The van der Waals surface area contributed by atoms with Gasteiger partial charge < -0.3 is 10.2 Å². The van der Waals surface area contributed by atoms with Gasteiger partial charge in [0.05, 0.1) is 6.42 Å². The van der Waals surface area contributed by atoms with Crippen molar-refractivity contribution in [1.82, 2.24) is 10.2 Å². The summed E-state index contributed by atoms with van der Waals surface area (Å²) in [5.74, 6) is 0.176. The summed E-state index contributed by atoms with van der Waals surface area (Å²) >= 11 is 3.48. The van der Waals surface area contributed by atoms with E-state index in [9.17, 15) is 4.79 Å². The van der Waals surface area contributed by atoms with Crippen LogP contribution in [0, 0.1) is 0 Å². The van der Waals surface area contributed by atoms with Crippen LogP contribution in [0.2, 0.25) is 0 Å². The highest BCUT2D eigenvalue weighted by atomic mass is 79.9. The van der Waals surface area contributed by atoms with Crippen molar-refractivity contribution in [3.05, 3.63) is 34.3 Å². The Kier molecular flexibility index (Phi) is 4.78. The molecule has 0 bridgehead atoms. The van der Waals surface area contributed by atoms with Gasteiger partial charge in [-0.05, 0) is 31.0 Å². The fourth-order valence-corrected chi connectivity index (χ4v) is 2.71. The first-order valence-electron chi connectivity index (χ1n) is 6.37. The molecule has 0 radical (unpaired) electrons. The van der Waals surface area contributed by atoms with Gasteiger partial charge in [-0.25, -0.2) is 0 Å².